The van der Waals surface area contributed by atoms with E-state index in [0.717, 1.165) is 16.7 Å². The molecule has 7 heteroatoms. The van der Waals surface area contributed by atoms with E-state index in [1.54, 1.807) is 37.3 Å². The first-order chi connectivity index (χ1) is 17.4. The maximum Gasteiger partial charge on any atom is 0.261 e. The first-order valence-electron chi connectivity index (χ1n) is 12.0. The van der Waals surface area contributed by atoms with Crippen molar-refractivity contribution in [1.29, 1.82) is 0 Å². The number of methoxy groups -OCH3 is 2. The fraction of sp³-hybridized carbons (Fsp3) is 0.310. The minimum absolute atomic E-state index is 0.204. The van der Waals surface area contributed by atoms with E-state index in [-0.39, 0.29) is 25.0 Å². The van der Waals surface area contributed by atoms with Crippen LogP contribution >= 0.6 is 0 Å². The second kappa shape index (κ2) is 13.2. The van der Waals surface area contributed by atoms with Crippen LogP contribution in [0.3, 0.4) is 0 Å². The maximum atomic E-state index is 13.6. The number of hydrogen-bond donors (Lipinski definition) is 1. The van der Waals surface area contributed by atoms with Gasteiger partial charge in [0.25, 0.3) is 5.91 Å². The van der Waals surface area contributed by atoms with Crippen LogP contribution in [0.5, 0.6) is 17.2 Å². The van der Waals surface area contributed by atoms with Crippen molar-refractivity contribution in [2.24, 2.45) is 0 Å². The van der Waals surface area contributed by atoms with Crippen molar-refractivity contribution in [2.45, 2.75) is 32.9 Å². The van der Waals surface area contributed by atoms with E-state index < -0.39 is 6.04 Å². The summed E-state index contributed by atoms with van der Waals surface area (Å²) in [5.41, 5.74) is 3.02. The van der Waals surface area contributed by atoms with Crippen molar-refractivity contribution >= 4 is 11.8 Å². The SMILES string of the molecule is CCNC(=O)[C@@H](Cc1ccccc1)N(Cc1ccc(C)cc1)C(=O)COc1cc(OC)cc(OC)c1. The molecule has 3 aromatic carbocycles. The van der Waals surface area contributed by atoms with Crippen LogP contribution in [-0.2, 0) is 22.6 Å². The van der Waals surface area contributed by atoms with E-state index in [1.807, 2.05) is 68.4 Å². The number of ether oxygens (including phenoxy) is 3. The van der Waals surface area contributed by atoms with E-state index >= 15 is 0 Å². The number of carbonyl (C=O) groups excluding carboxylic acids is 2. The lowest BCUT2D eigenvalue weighted by atomic mass is 10.0. The lowest BCUT2D eigenvalue weighted by molar-refractivity contribution is -0.142. The molecule has 0 radical (unpaired) electrons. The van der Waals surface area contributed by atoms with Crippen LogP contribution in [0, 0.1) is 6.92 Å². The Hall–Kier alpha value is -4.00. The molecule has 0 heterocycles. The quantitative estimate of drug-likeness (QED) is 0.412. The molecule has 2 amide bonds. The molecule has 0 bridgehead atoms. The fourth-order valence-corrected chi connectivity index (χ4v) is 3.83. The van der Waals surface area contributed by atoms with Gasteiger partial charge in [-0.2, -0.15) is 0 Å². The van der Waals surface area contributed by atoms with Gasteiger partial charge in [-0.15, -0.1) is 0 Å². The molecule has 1 atom stereocenters. The molecule has 0 unspecified atom stereocenters. The highest BCUT2D eigenvalue weighted by molar-refractivity contribution is 5.88. The van der Waals surface area contributed by atoms with E-state index in [2.05, 4.69) is 5.32 Å². The number of likely N-dealkylation sites (N-methyl/N-ethyl adjacent to an activating group) is 1. The molecule has 1 N–H and O–H groups in total. The molecule has 0 saturated heterocycles. The monoisotopic (exact) mass is 490 g/mol. The third-order valence-electron chi connectivity index (χ3n) is 5.78. The second-order valence-corrected chi connectivity index (χ2v) is 8.44. The summed E-state index contributed by atoms with van der Waals surface area (Å²) in [6, 6.07) is 22.0. The van der Waals surface area contributed by atoms with Crippen LogP contribution in [0.2, 0.25) is 0 Å². The first kappa shape index (κ1) is 26.6. The summed E-state index contributed by atoms with van der Waals surface area (Å²) in [6.45, 7) is 4.38. The summed E-state index contributed by atoms with van der Waals surface area (Å²) < 4.78 is 16.4. The molecule has 3 rings (SSSR count). The molecule has 0 aliphatic carbocycles. The van der Waals surface area contributed by atoms with Crippen LogP contribution in [0.15, 0.2) is 72.8 Å². The zero-order valence-electron chi connectivity index (χ0n) is 21.3. The van der Waals surface area contributed by atoms with Gasteiger partial charge >= 0.3 is 0 Å². The highest BCUT2D eigenvalue weighted by Gasteiger charge is 2.30. The zero-order valence-corrected chi connectivity index (χ0v) is 21.3. The number of carbonyl (C=O) groups is 2. The van der Waals surface area contributed by atoms with Crippen molar-refractivity contribution in [2.75, 3.05) is 27.4 Å². The summed E-state index contributed by atoms with van der Waals surface area (Å²) in [6.07, 6.45) is 0.386. The normalized spacial score (nSPS) is 11.3. The van der Waals surface area contributed by atoms with Crippen LogP contribution in [0.25, 0.3) is 0 Å². The summed E-state index contributed by atoms with van der Waals surface area (Å²) in [7, 11) is 3.10. The number of rotatable bonds is 12. The van der Waals surface area contributed by atoms with E-state index in [4.69, 9.17) is 14.2 Å². The third kappa shape index (κ3) is 7.50. The minimum Gasteiger partial charge on any atom is -0.496 e. The second-order valence-electron chi connectivity index (χ2n) is 8.44. The van der Waals surface area contributed by atoms with Crippen molar-refractivity contribution in [3.63, 3.8) is 0 Å². The van der Waals surface area contributed by atoms with Crippen LogP contribution in [0.4, 0.5) is 0 Å². The Morgan fingerprint density at radius 2 is 1.47 bits per heavy atom. The number of nitrogens with one attached hydrogen (secondary N) is 1. The molecule has 190 valence electrons. The average Bonchev–Trinajstić information content (AvgIpc) is 2.90. The van der Waals surface area contributed by atoms with Gasteiger partial charge in [0, 0.05) is 37.7 Å². The van der Waals surface area contributed by atoms with Gasteiger partial charge in [0.2, 0.25) is 5.91 Å². The Bertz CT molecular complexity index is 1110. The molecule has 0 fully saturated rings. The molecule has 0 aliphatic heterocycles. The largest absolute Gasteiger partial charge is 0.496 e. The first-order valence-corrected chi connectivity index (χ1v) is 12.0. The number of benzene rings is 3. The minimum atomic E-state index is -0.704. The summed E-state index contributed by atoms with van der Waals surface area (Å²) in [5, 5.41) is 2.89. The van der Waals surface area contributed by atoms with E-state index in [9.17, 15) is 9.59 Å². The Morgan fingerprint density at radius 3 is 2.06 bits per heavy atom. The number of aryl methyl sites for hydroxylation is 1. The molecule has 3 aromatic rings. The van der Waals surface area contributed by atoms with Gasteiger partial charge in [0.05, 0.1) is 14.2 Å². The lowest BCUT2D eigenvalue weighted by Crippen LogP contribution is -2.51. The van der Waals surface area contributed by atoms with Gasteiger partial charge in [0.1, 0.15) is 23.3 Å². The van der Waals surface area contributed by atoms with Crippen molar-refractivity contribution in [1.82, 2.24) is 10.2 Å². The molecule has 7 nitrogen and oxygen atoms in total. The molecular weight excluding hydrogens is 456 g/mol. The number of nitrogens with zero attached hydrogens (tertiary/aromatic N) is 1. The highest BCUT2D eigenvalue weighted by atomic mass is 16.5. The summed E-state index contributed by atoms with van der Waals surface area (Å²) >= 11 is 0. The van der Waals surface area contributed by atoms with Gasteiger partial charge in [-0.1, -0.05) is 60.2 Å². The van der Waals surface area contributed by atoms with Crippen LogP contribution in [-0.4, -0.2) is 50.1 Å². The topological polar surface area (TPSA) is 77.1 Å². The maximum absolute atomic E-state index is 13.6. The molecule has 0 aliphatic rings. The zero-order chi connectivity index (χ0) is 25.9. The predicted molar refractivity (Wildman–Crippen MR) is 139 cm³/mol. The Kier molecular flexibility index (Phi) is 9.74. The standard InChI is InChI=1S/C29H34N2O5/c1-5-30-29(33)27(15-22-9-7-6-8-10-22)31(19-23-13-11-21(2)12-14-23)28(32)20-36-26-17-24(34-3)16-25(18-26)35-4/h6-14,16-18,27H,5,15,19-20H2,1-4H3,(H,30,33)/t27-/m1/s1. The molecule has 0 saturated carbocycles. The van der Waals surface area contributed by atoms with E-state index in [1.165, 1.54) is 0 Å². The average molecular weight is 491 g/mol. The predicted octanol–water partition coefficient (Wildman–Crippen LogP) is 4.17. The number of amides is 2. The van der Waals surface area contributed by atoms with Crippen LogP contribution in [0.1, 0.15) is 23.6 Å². The molecule has 0 aromatic heterocycles. The number of hydrogen-bond acceptors (Lipinski definition) is 5. The van der Waals surface area contributed by atoms with Gasteiger partial charge < -0.3 is 24.4 Å². The molecule has 0 spiro atoms. The van der Waals surface area contributed by atoms with Crippen molar-refractivity contribution < 1.29 is 23.8 Å². The van der Waals surface area contributed by atoms with Crippen LogP contribution < -0.4 is 19.5 Å². The lowest BCUT2D eigenvalue weighted by Gasteiger charge is -2.31. The van der Waals surface area contributed by atoms with Gasteiger partial charge in [-0.05, 0) is 25.0 Å². The Balaban J connectivity index is 1.89. The Morgan fingerprint density at radius 1 is 0.861 bits per heavy atom. The third-order valence-corrected chi connectivity index (χ3v) is 5.78. The highest BCUT2D eigenvalue weighted by Crippen LogP contribution is 2.27. The van der Waals surface area contributed by atoms with Gasteiger partial charge in [0.15, 0.2) is 6.61 Å². The van der Waals surface area contributed by atoms with Crippen molar-refractivity contribution in [3.05, 3.63) is 89.5 Å². The van der Waals surface area contributed by atoms with Crippen molar-refractivity contribution in [3.8, 4) is 17.2 Å². The van der Waals surface area contributed by atoms with Gasteiger partial charge in [-0.3, -0.25) is 9.59 Å². The molecular formula is C29H34N2O5. The summed E-state index contributed by atoms with van der Waals surface area (Å²) in [5.74, 6) is 1.04. The van der Waals surface area contributed by atoms with E-state index in [0.29, 0.717) is 30.2 Å². The fourth-order valence-electron chi connectivity index (χ4n) is 3.83. The summed E-state index contributed by atoms with van der Waals surface area (Å²) in [4.78, 5) is 28.4. The smallest absolute Gasteiger partial charge is 0.261 e. The van der Waals surface area contributed by atoms with Gasteiger partial charge in [-0.25, -0.2) is 0 Å². The molecule has 36 heavy (non-hydrogen) atoms. The Labute approximate surface area is 213 Å².